The molecule has 0 fully saturated rings. The third-order valence-electron chi connectivity index (χ3n) is 3.24. The highest BCUT2D eigenvalue weighted by Crippen LogP contribution is 2.22. The smallest absolute Gasteiger partial charge is 0.307 e. The zero-order valence-electron chi connectivity index (χ0n) is 11.6. The summed E-state index contributed by atoms with van der Waals surface area (Å²) in [6.45, 7) is 3.99. The number of aryl methyl sites for hydroxylation is 1. The second-order valence-electron chi connectivity index (χ2n) is 4.54. The molecule has 0 bridgehead atoms. The molecule has 0 saturated carbocycles. The first-order valence-electron chi connectivity index (χ1n) is 6.64. The van der Waals surface area contributed by atoms with Gasteiger partial charge >= 0.3 is 5.97 Å². The van der Waals surface area contributed by atoms with Crippen LogP contribution in [0.5, 0.6) is 0 Å². The lowest BCUT2D eigenvalue weighted by Crippen LogP contribution is -2.06. The van der Waals surface area contributed by atoms with E-state index in [1.807, 2.05) is 30.7 Å². The zero-order chi connectivity index (χ0) is 14.7. The molecule has 1 aromatic carbocycles. The van der Waals surface area contributed by atoms with Crippen LogP contribution in [0.4, 0.5) is 0 Å². The number of nitrogens with zero attached hydrogens (tertiary/aromatic N) is 2. The second kappa shape index (κ2) is 6.09. The van der Waals surface area contributed by atoms with Crippen molar-refractivity contribution in [2.45, 2.75) is 33.1 Å². The Hall–Kier alpha value is -1.81. The van der Waals surface area contributed by atoms with E-state index in [0.29, 0.717) is 5.02 Å². The van der Waals surface area contributed by atoms with Gasteiger partial charge in [0.1, 0.15) is 0 Å². The highest BCUT2D eigenvalue weighted by Gasteiger charge is 2.18. The van der Waals surface area contributed by atoms with E-state index in [4.69, 9.17) is 16.7 Å². The van der Waals surface area contributed by atoms with Gasteiger partial charge in [-0.25, -0.2) is 4.68 Å². The summed E-state index contributed by atoms with van der Waals surface area (Å²) in [5, 5.41) is 14.3. The molecule has 2 rings (SSSR count). The van der Waals surface area contributed by atoms with E-state index in [9.17, 15) is 4.79 Å². The van der Waals surface area contributed by atoms with Gasteiger partial charge in [-0.2, -0.15) is 5.10 Å². The second-order valence-corrected chi connectivity index (χ2v) is 4.97. The Morgan fingerprint density at radius 3 is 2.40 bits per heavy atom. The van der Waals surface area contributed by atoms with Crippen LogP contribution in [0.25, 0.3) is 5.69 Å². The maximum absolute atomic E-state index is 11.0. The number of aliphatic carboxylic acids is 1. The van der Waals surface area contributed by atoms with Crippen molar-refractivity contribution in [3.05, 3.63) is 46.2 Å². The Labute approximate surface area is 123 Å². The Bertz CT molecular complexity index is 618. The van der Waals surface area contributed by atoms with Crippen LogP contribution in [0.15, 0.2) is 24.3 Å². The molecule has 1 N–H and O–H groups in total. The van der Waals surface area contributed by atoms with Crippen molar-refractivity contribution in [1.82, 2.24) is 9.78 Å². The fourth-order valence-corrected chi connectivity index (χ4v) is 2.46. The Morgan fingerprint density at radius 2 is 1.90 bits per heavy atom. The van der Waals surface area contributed by atoms with E-state index in [0.717, 1.165) is 35.5 Å². The summed E-state index contributed by atoms with van der Waals surface area (Å²) in [5.41, 5.74) is 3.53. The molecule has 0 amide bonds. The number of halogens is 1. The summed E-state index contributed by atoms with van der Waals surface area (Å²) in [5.74, 6) is -0.829. The molecule has 20 heavy (non-hydrogen) atoms. The van der Waals surface area contributed by atoms with Crippen LogP contribution in [-0.4, -0.2) is 20.9 Å². The monoisotopic (exact) mass is 292 g/mol. The highest BCUT2D eigenvalue weighted by atomic mass is 35.5. The van der Waals surface area contributed by atoms with E-state index in [1.165, 1.54) is 0 Å². The van der Waals surface area contributed by atoms with Gasteiger partial charge in [-0.05, 0) is 37.1 Å². The van der Waals surface area contributed by atoms with E-state index in [2.05, 4.69) is 5.10 Å². The lowest BCUT2D eigenvalue weighted by Gasteiger charge is -2.07. The molecular weight excluding hydrogens is 276 g/mol. The number of benzene rings is 1. The van der Waals surface area contributed by atoms with Crippen molar-refractivity contribution in [3.63, 3.8) is 0 Å². The molecule has 0 aliphatic carbocycles. The van der Waals surface area contributed by atoms with Crippen LogP contribution in [-0.2, 0) is 24.1 Å². The van der Waals surface area contributed by atoms with Crippen LogP contribution in [0.1, 0.15) is 30.8 Å². The molecule has 1 heterocycles. The minimum atomic E-state index is -0.829. The van der Waals surface area contributed by atoms with Gasteiger partial charge in [-0.1, -0.05) is 25.4 Å². The first-order valence-corrected chi connectivity index (χ1v) is 7.02. The first-order chi connectivity index (χ1) is 9.56. The third-order valence-corrected chi connectivity index (χ3v) is 3.49. The fraction of sp³-hybridized carbons (Fsp3) is 0.333. The maximum Gasteiger partial charge on any atom is 0.307 e. The number of hydrogen-bond donors (Lipinski definition) is 1. The molecule has 5 heteroatoms. The van der Waals surface area contributed by atoms with E-state index >= 15 is 0 Å². The van der Waals surface area contributed by atoms with Crippen LogP contribution in [0.3, 0.4) is 0 Å². The summed E-state index contributed by atoms with van der Waals surface area (Å²) in [6.07, 6.45) is 1.47. The lowest BCUT2D eigenvalue weighted by molar-refractivity contribution is -0.136. The molecule has 0 unspecified atom stereocenters. The Morgan fingerprint density at radius 1 is 1.25 bits per heavy atom. The van der Waals surface area contributed by atoms with Crippen molar-refractivity contribution >= 4 is 17.6 Å². The van der Waals surface area contributed by atoms with Gasteiger partial charge in [0.2, 0.25) is 0 Å². The van der Waals surface area contributed by atoms with Gasteiger partial charge in [0.15, 0.2) is 0 Å². The van der Waals surface area contributed by atoms with Crippen molar-refractivity contribution < 1.29 is 9.90 Å². The molecule has 2 aromatic rings. The van der Waals surface area contributed by atoms with Crippen LogP contribution < -0.4 is 0 Å². The minimum absolute atomic E-state index is 0.0138. The molecule has 0 saturated heterocycles. The molecule has 0 aliphatic heterocycles. The number of rotatable bonds is 5. The SMILES string of the molecule is CCc1nn(-c2ccc(Cl)cc2)c(CC)c1CC(=O)O. The summed E-state index contributed by atoms with van der Waals surface area (Å²) in [6, 6.07) is 7.39. The van der Waals surface area contributed by atoms with Gasteiger partial charge in [-0.15, -0.1) is 0 Å². The standard InChI is InChI=1S/C15H17ClN2O2/c1-3-13-12(9-15(19)20)14(4-2)18(17-13)11-7-5-10(16)6-8-11/h5-8H,3-4,9H2,1-2H3,(H,19,20). The van der Waals surface area contributed by atoms with E-state index < -0.39 is 5.97 Å². The summed E-state index contributed by atoms with van der Waals surface area (Å²) < 4.78 is 1.83. The van der Waals surface area contributed by atoms with Gasteiger partial charge in [0.25, 0.3) is 0 Å². The summed E-state index contributed by atoms with van der Waals surface area (Å²) >= 11 is 5.90. The molecule has 4 nitrogen and oxygen atoms in total. The minimum Gasteiger partial charge on any atom is -0.481 e. The Balaban J connectivity index is 2.55. The summed E-state index contributed by atoms with van der Waals surface area (Å²) in [7, 11) is 0. The molecule has 1 aromatic heterocycles. The van der Waals surface area contributed by atoms with Crippen molar-refractivity contribution in [1.29, 1.82) is 0 Å². The predicted octanol–water partition coefficient (Wildman–Crippen LogP) is 3.28. The zero-order valence-corrected chi connectivity index (χ0v) is 12.3. The number of aromatic nitrogens is 2. The quantitative estimate of drug-likeness (QED) is 0.920. The van der Waals surface area contributed by atoms with Gasteiger partial charge in [0.05, 0.1) is 17.8 Å². The number of hydrogen-bond acceptors (Lipinski definition) is 2. The number of carboxylic acids is 1. The van der Waals surface area contributed by atoms with Crippen LogP contribution in [0, 0.1) is 0 Å². The Kier molecular flexibility index (Phi) is 4.45. The topological polar surface area (TPSA) is 55.1 Å². The van der Waals surface area contributed by atoms with Gasteiger partial charge in [0, 0.05) is 16.3 Å². The molecule has 0 aliphatic rings. The van der Waals surface area contributed by atoms with Gasteiger partial charge in [-0.3, -0.25) is 4.79 Å². The van der Waals surface area contributed by atoms with Crippen LogP contribution >= 0.6 is 11.6 Å². The molecule has 0 atom stereocenters. The first kappa shape index (κ1) is 14.6. The average molecular weight is 293 g/mol. The normalized spacial score (nSPS) is 10.8. The average Bonchev–Trinajstić information content (AvgIpc) is 2.76. The predicted molar refractivity (Wildman–Crippen MR) is 78.7 cm³/mol. The van der Waals surface area contributed by atoms with E-state index in [1.54, 1.807) is 12.1 Å². The molecule has 0 spiro atoms. The fourth-order valence-electron chi connectivity index (χ4n) is 2.33. The van der Waals surface area contributed by atoms with Crippen molar-refractivity contribution in [2.24, 2.45) is 0 Å². The number of carbonyl (C=O) groups is 1. The number of carboxylic acid groups (broad SMARTS) is 1. The molecular formula is C15H17ClN2O2. The largest absolute Gasteiger partial charge is 0.481 e. The van der Waals surface area contributed by atoms with E-state index in [-0.39, 0.29) is 6.42 Å². The lowest BCUT2D eigenvalue weighted by atomic mass is 10.1. The maximum atomic E-state index is 11.0. The van der Waals surface area contributed by atoms with Gasteiger partial charge < -0.3 is 5.11 Å². The molecule has 0 radical (unpaired) electrons. The van der Waals surface area contributed by atoms with Crippen molar-refractivity contribution in [3.8, 4) is 5.69 Å². The van der Waals surface area contributed by atoms with Crippen LogP contribution in [0.2, 0.25) is 5.02 Å². The molecule has 106 valence electrons. The highest BCUT2D eigenvalue weighted by molar-refractivity contribution is 6.30. The van der Waals surface area contributed by atoms with Crippen molar-refractivity contribution in [2.75, 3.05) is 0 Å². The summed E-state index contributed by atoms with van der Waals surface area (Å²) in [4.78, 5) is 11.0. The third kappa shape index (κ3) is 2.85.